The van der Waals surface area contributed by atoms with Gasteiger partial charge in [0, 0.05) is 12.0 Å². The molecule has 0 spiro atoms. The molecule has 0 amide bonds. The zero-order chi connectivity index (χ0) is 19.8. The van der Waals surface area contributed by atoms with E-state index >= 15 is 0 Å². The van der Waals surface area contributed by atoms with Gasteiger partial charge in [-0.25, -0.2) is 4.79 Å². The number of benzene rings is 2. The predicted molar refractivity (Wildman–Crippen MR) is 106 cm³/mol. The number of hydrogen-bond donors (Lipinski definition) is 1. The minimum Gasteiger partial charge on any atom is -0.479 e. The molecule has 27 heavy (non-hydrogen) atoms. The quantitative estimate of drug-likeness (QED) is 0.712. The Bertz CT molecular complexity index is 849. The van der Waals surface area contributed by atoms with Gasteiger partial charge >= 0.3 is 5.97 Å². The summed E-state index contributed by atoms with van der Waals surface area (Å²) < 4.78 is 11.0. The SMILES string of the molecule is Cc1ccc(OCC#Cc2cccc(C[C@H](OC(C)C)C(=O)O)c2)c(Cl)c1. The number of halogens is 1. The Balaban J connectivity index is 1.99. The maximum atomic E-state index is 11.3. The number of rotatable bonds is 7. The van der Waals surface area contributed by atoms with E-state index in [4.69, 9.17) is 21.1 Å². The van der Waals surface area contributed by atoms with E-state index in [1.807, 2.05) is 63.2 Å². The minimum absolute atomic E-state index is 0.153. The second kappa shape index (κ2) is 10.0. The summed E-state index contributed by atoms with van der Waals surface area (Å²) in [5, 5.41) is 9.85. The zero-order valence-corrected chi connectivity index (χ0v) is 16.4. The highest BCUT2D eigenvalue weighted by Crippen LogP contribution is 2.24. The number of aliphatic carboxylic acids is 1. The van der Waals surface area contributed by atoms with Crippen LogP contribution in [0.4, 0.5) is 0 Å². The van der Waals surface area contributed by atoms with Crippen molar-refractivity contribution in [3.05, 3.63) is 64.2 Å². The molecule has 2 aromatic carbocycles. The van der Waals surface area contributed by atoms with Crippen LogP contribution < -0.4 is 4.74 Å². The van der Waals surface area contributed by atoms with Crippen molar-refractivity contribution in [2.24, 2.45) is 0 Å². The lowest BCUT2D eigenvalue weighted by Gasteiger charge is -2.16. The van der Waals surface area contributed by atoms with Gasteiger partial charge in [-0.15, -0.1) is 0 Å². The highest BCUT2D eigenvalue weighted by atomic mass is 35.5. The van der Waals surface area contributed by atoms with Crippen molar-refractivity contribution >= 4 is 17.6 Å². The maximum Gasteiger partial charge on any atom is 0.333 e. The fourth-order valence-corrected chi connectivity index (χ4v) is 2.78. The molecule has 5 heteroatoms. The van der Waals surface area contributed by atoms with Crippen LogP contribution in [0.2, 0.25) is 5.02 Å². The smallest absolute Gasteiger partial charge is 0.333 e. The second-order valence-electron chi connectivity index (χ2n) is 6.44. The van der Waals surface area contributed by atoms with Crippen LogP contribution in [0, 0.1) is 18.8 Å². The van der Waals surface area contributed by atoms with Crippen molar-refractivity contribution in [2.45, 2.75) is 39.4 Å². The van der Waals surface area contributed by atoms with Gasteiger partial charge in [-0.3, -0.25) is 0 Å². The van der Waals surface area contributed by atoms with Gasteiger partial charge in [0.2, 0.25) is 0 Å². The van der Waals surface area contributed by atoms with E-state index in [-0.39, 0.29) is 12.7 Å². The molecule has 0 aliphatic rings. The van der Waals surface area contributed by atoms with Crippen LogP contribution in [0.1, 0.15) is 30.5 Å². The first-order chi connectivity index (χ1) is 12.8. The summed E-state index contributed by atoms with van der Waals surface area (Å²) in [6, 6.07) is 13.0. The molecule has 0 unspecified atom stereocenters. The Morgan fingerprint density at radius 2 is 2.00 bits per heavy atom. The first-order valence-electron chi connectivity index (χ1n) is 8.70. The van der Waals surface area contributed by atoms with Crippen LogP contribution >= 0.6 is 11.6 Å². The molecule has 1 N–H and O–H groups in total. The number of hydrogen-bond acceptors (Lipinski definition) is 3. The maximum absolute atomic E-state index is 11.3. The van der Waals surface area contributed by atoms with Gasteiger partial charge in [0.15, 0.2) is 6.10 Å². The van der Waals surface area contributed by atoms with E-state index in [1.54, 1.807) is 0 Å². The molecule has 0 saturated carbocycles. The number of carboxylic acids is 1. The van der Waals surface area contributed by atoms with Gasteiger partial charge < -0.3 is 14.6 Å². The van der Waals surface area contributed by atoms with Gasteiger partial charge in [0.05, 0.1) is 11.1 Å². The van der Waals surface area contributed by atoms with E-state index in [9.17, 15) is 9.90 Å². The average molecular weight is 387 g/mol. The lowest BCUT2D eigenvalue weighted by molar-refractivity contribution is -0.153. The summed E-state index contributed by atoms with van der Waals surface area (Å²) in [5.74, 6) is 5.60. The summed E-state index contributed by atoms with van der Waals surface area (Å²) in [6.45, 7) is 5.81. The molecule has 0 radical (unpaired) electrons. The Labute approximate surface area is 165 Å². The molecule has 0 fully saturated rings. The van der Waals surface area contributed by atoms with Gasteiger partial charge in [0.1, 0.15) is 12.4 Å². The largest absolute Gasteiger partial charge is 0.479 e. The normalized spacial score (nSPS) is 11.6. The third kappa shape index (κ3) is 6.97. The molecule has 0 heterocycles. The Morgan fingerprint density at radius 3 is 2.67 bits per heavy atom. The molecular weight excluding hydrogens is 364 g/mol. The van der Waals surface area contributed by atoms with Crippen LogP contribution in [0.3, 0.4) is 0 Å². The van der Waals surface area contributed by atoms with Crippen LogP contribution in [-0.4, -0.2) is 29.9 Å². The van der Waals surface area contributed by atoms with Crippen molar-refractivity contribution in [3.8, 4) is 17.6 Å². The molecule has 142 valence electrons. The average Bonchev–Trinajstić information content (AvgIpc) is 2.59. The Hall–Kier alpha value is -2.48. The highest BCUT2D eigenvalue weighted by Gasteiger charge is 2.20. The molecule has 1 atom stereocenters. The lowest BCUT2D eigenvalue weighted by atomic mass is 10.0. The monoisotopic (exact) mass is 386 g/mol. The van der Waals surface area contributed by atoms with Crippen LogP contribution in [0.5, 0.6) is 5.75 Å². The zero-order valence-electron chi connectivity index (χ0n) is 15.7. The number of ether oxygens (including phenoxy) is 2. The first-order valence-corrected chi connectivity index (χ1v) is 9.08. The Kier molecular flexibility index (Phi) is 7.72. The minimum atomic E-state index is -0.969. The molecule has 2 rings (SSSR count). The second-order valence-corrected chi connectivity index (χ2v) is 6.85. The highest BCUT2D eigenvalue weighted by molar-refractivity contribution is 6.32. The predicted octanol–water partition coefficient (Wildman–Crippen LogP) is 4.50. The van der Waals surface area contributed by atoms with E-state index < -0.39 is 12.1 Å². The molecular formula is C22H23ClO4. The standard InChI is InChI=1S/C22H23ClO4/c1-15(2)27-21(22(24)25)14-18-7-4-6-17(13-18)8-5-11-26-20-10-9-16(3)12-19(20)23/h4,6-7,9-10,12-13,15,21H,11,14H2,1-3H3,(H,24,25)/t21-/m0/s1. The van der Waals surface area contributed by atoms with Crippen LogP contribution in [-0.2, 0) is 16.0 Å². The summed E-state index contributed by atoms with van der Waals surface area (Å²) in [7, 11) is 0. The van der Waals surface area contributed by atoms with Crippen LogP contribution in [0.15, 0.2) is 42.5 Å². The summed E-state index contributed by atoms with van der Waals surface area (Å²) in [4.78, 5) is 11.3. The molecule has 0 aliphatic heterocycles. The fraction of sp³-hybridized carbons (Fsp3) is 0.318. The van der Waals surface area contributed by atoms with E-state index in [0.29, 0.717) is 17.2 Å². The van der Waals surface area contributed by atoms with Crippen LogP contribution in [0.25, 0.3) is 0 Å². The van der Waals surface area contributed by atoms with Gasteiger partial charge in [-0.2, -0.15) is 0 Å². The molecule has 4 nitrogen and oxygen atoms in total. The van der Waals surface area contributed by atoms with Crippen molar-refractivity contribution in [3.63, 3.8) is 0 Å². The van der Waals surface area contributed by atoms with E-state index in [0.717, 1.165) is 16.7 Å². The third-order valence-electron chi connectivity index (χ3n) is 3.68. The van der Waals surface area contributed by atoms with Crippen molar-refractivity contribution in [1.82, 2.24) is 0 Å². The van der Waals surface area contributed by atoms with Crippen molar-refractivity contribution in [2.75, 3.05) is 6.61 Å². The van der Waals surface area contributed by atoms with Crippen molar-refractivity contribution in [1.29, 1.82) is 0 Å². The fourth-order valence-electron chi connectivity index (χ4n) is 2.49. The summed E-state index contributed by atoms with van der Waals surface area (Å²) in [6.07, 6.45) is -0.738. The molecule has 0 aliphatic carbocycles. The number of carboxylic acid groups (broad SMARTS) is 1. The van der Waals surface area contributed by atoms with E-state index in [2.05, 4.69) is 11.8 Å². The molecule has 0 bridgehead atoms. The van der Waals surface area contributed by atoms with Gasteiger partial charge in [-0.05, 0) is 56.2 Å². The third-order valence-corrected chi connectivity index (χ3v) is 3.98. The topological polar surface area (TPSA) is 55.8 Å². The lowest BCUT2D eigenvalue weighted by Crippen LogP contribution is -2.29. The number of aryl methyl sites for hydroxylation is 1. The van der Waals surface area contributed by atoms with Crippen molar-refractivity contribution < 1.29 is 19.4 Å². The summed E-state index contributed by atoms with van der Waals surface area (Å²) >= 11 is 6.12. The molecule has 0 aromatic heterocycles. The Morgan fingerprint density at radius 1 is 1.22 bits per heavy atom. The van der Waals surface area contributed by atoms with E-state index in [1.165, 1.54) is 0 Å². The first kappa shape index (κ1) is 20.8. The van der Waals surface area contributed by atoms with Gasteiger partial charge in [0.25, 0.3) is 0 Å². The molecule has 0 saturated heterocycles. The molecule has 2 aromatic rings. The summed E-state index contributed by atoms with van der Waals surface area (Å²) in [5.41, 5.74) is 2.72. The number of carbonyl (C=O) groups is 1. The van der Waals surface area contributed by atoms with Gasteiger partial charge in [-0.1, -0.05) is 41.6 Å².